The van der Waals surface area contributed by atoms with Crippen LogP contribution in [0.15, 0.2) is 24.3 Å². The second-order valence-corrected chi connectivity index (χ2v) is 6.88. The first-order valence-corrected chi connectivity index (χ1v) is 7.65. The number of halogens is 1. The number of hydrogen-bond donors (Lipinski definition) is 1. The molecule has 0 aliphatic carbocycles. The van der Waals surface area contributed by atoms with Gasteiger partial charge in [0.2, 0.25) is 0 Å². The number of hydrogen-bond acceptors (Lipinski definition) is 3. The maximum atomic E-state index is 13.3. The van der Waals surface area contributed by atoms with Crippen LogP contribution in [0.5, 0.6) is 0 Å². The molecule has 4 nitrogen and oxygen atoms in total. The lowest BCUT2D eigenvalue weighted by Gasteiger charge is -2.37. The van der Waals surface area contributed by atoms with Crippen LogP contribution in [0.3, 0.4) is 0 Å². The molecule has 1 aromatic carbocycles. The van der Waals surface area contributed by atoms with E-state index in [4.69, 9.17) is 4.74 Å². The third-order valence-corrected chi connectivity index (χ3v) is 3.73. The SMILES string of the molecule is CC(C)(C)OC(=O)N1CCC(O)C(Cc2cccc(F)c2)C1. The zero-order valence-electron chi connectivity index (χ0n) is 13.4. The molecule has 0 bridgehead atoms. The topological polar surface area (TPSA) is 49.8 Å². The van der Waals surface area contributed by atoms with Crippen molar-refractivity contribution in [2.45, 2.75) is 45.3 Å². The zero-order valence-corrected chi connectivity index (χ0v) is 13.4. The summed E-state index contributed by atoms with van der Waals surface area (Å²) in [6, 6.07) is 6.36. The molecule has 1 amide bonds. The highest BCUT2D eigenvalue weighted by Gasteiger charge is 2.32. The predicted molar refractivity (Wildman–Crippen MR) is 82.0 cm³/mol. The van der Waals surface area contributed by atoms with Gasteiger partial charge < -0.3 is 14.7 Å². The second kappa shape index (κ2) is 6.65. The lowest BCUT2D eigenvalue weighted by molar-refractivity contribution is -0.00825. The van der Waals surface area contributed by atoms with E-state index in [2.05, 4.69) is 0 Å². The largest absolute Gasteiger partial charge is 0.444 e. The lowest BCUT2D eigenvalue weighted by Crippen LogP contribution is -2.48. The highest BCUT2D eigenvalue weighted by atomic mass is 19.1. The highest BCUT2D eigenvalue weighted by molar-refractivity contribution is 5.68. The van der Waals surface area contributed by atoms with Crippen LogP contribution in [-0.4, -0.2) is 40.9 Å². The van der Waals surface area contributed by atoms with Crippen LogP contribution in [0.4, 0.5) is 9.18 Å². The Morgan fingerprint density at radius 2 is 2.18 bits per heavy atom. The van der Waals surface area contributed by atoms with Gasteiger partial charge in [-0.3, -0.25) is 0 Å². The van der Waals surface area contributed by atoms with Gasteiger partial charge in [0.15, 0.2) is 0 Å². The first kappa shape index (κ1) is 16.7. The van der Waals surface area contributed by atoms with E-state index >= 15 is 0 Å². The van der Waals surface area contributed by atoms with Crippen LogP contribution in [0, 0.1) is 11.7 Å². The normalized spacial score (nSPS) is 22.5. The maximum Gasteiger partial charge on any atom is 0.410 e. The minimum absolute atomic E-state index is 0.108. The number of carbonyl (C=O) groups is 1. The van der Waals surface area contributed by atoms with E-state index in [-0.39, 0.29) is 17.8 Å². The van der Waals surface area contributed by atoms with Gasteiger partial charge in [0, 0.05) is 19.0 Å². The van der Waals surface area contributed by atoms with E-state index in [9.17, 15) is 14.3 Å². The van der Waals surface area contributed by atoms with Gasteiger partial charge in [0.25, 0.3) is 0 Å². The number of aliphatic hydroxyl groups excluding tert-OH is 1. The number of aliphatic hydroxyl groups is 1. The molecule has 1 N–H and O–H groups in total. The van der Waals surface area contributed by atoms with E-state index in [1.165, 1.54) is 12.1 Å². The van der Waals surface area contributed by atoms with Gasteiger partial charge in [-0.05, 0) is 51.3 Å². The van der Waals surface area contributed by atoms with Crippen molar-refractivity contribution in [1.29, 1.82) is 0 Å². The van der Waals surface area contributed by atoms with Crippen molar-refractivity contribution in [3.8, 4) is 0 Å². The molecule has 1 aromatic rings. The Hall–Kier alpha value is -1.62. The van der Waals surface area contributed by atoms with Gasteiger partial charge in [-0.1, -0.05) is 12.1 Å². The second-order valence-electron chi connectivity index (χ2n) is 6.88. The number of rotatable bonds is 2. The van der Waals surface area contributed by atoms with Crippen molar-refractivity contribution >= 4 is 6.09 Å². The molecule has 2 rings (SSSR count). The molecule has 1 aliphatic rings. The average molecular weight is 309 g/mol. The molecule has 2 unspecified atom stereocenters. The molecule has 0 saturated carbocycles. The molecule has 2 atom stereocenters. The molecular weight excluding hydrogens is 285 g/mol. The third-order valence-electron chi connectivity index (χ3n) is 3.73. The van der Waals surface area contributed by atoms with Gasteiger partial charge in [0.1, 0.15) is 11.4 Å². The Labute approximate surface area is 130 Å². The maximum absolute atomic E-state index is 13.3. The van der Waals surface area contributed by atoms with Crippen molar-refractivity contribution in [3.63, 3.8) is 0 Å². The van der Waals surface area contributed by atoms with E-state index < -0.39 is 11.7 Å². The molecular formula is C17H24FNO3. The number of likely N-dealkylation sites (tertiary alicyclic amines) is 1. The first-order chi connectivity index (χ1) is 10.2. The van der Waals surface area contributed by atoms with E-state index in [0.717, 1.165) is 5.56 Å². The molecule has 0 aromatic heterocycles. The molecule has 0 spiro atoms. The Balaban J connectivity index is 2.00. The van der Waals surface area contributed by atoms with Gasteiger partial charge in [-0.15, -0.1) is 0 Å². The van der Waals surface area contributed by atoms with Crippen molar-refractivity contribution < 1.29 is 19.0 Å². The summed E-state index contributed by atoms with van der Waals surface area (Å²) in [7, 11) is 0. The summed E-state index contributed by atoms with van der Waals surface area (Å²) >= 11 is 0. The molecule has 1 saturated heterocycles. The van der Waals surface area contributed by atoms with E-state index in [1.54, 1.807) is 11.0 Å². The minimum atomic E-state index is -0.537. The number of piperidine rings is 1. The summed E-state index contributed by atoms with van der Waals surface area (Å²) in [5.41, 5.74) is 0.292. The summed E-state index contributed by atoms with van der Waals surface area (Å²) in [5, 5.41) is 10.2. The third kappa shape index (κ3) is 4.70. The lowest BCUT2D eigenvalue weighted by atomic mass is 9.89. The molecule has 5 heteroatoms. The molecule has 22 heavy (non-hydrogen) atoms. The number of nitrogens with zero attached hydrogens (tertiary/aromatic N) is 1. The van der Waals surface area contributed by atoms with Crippen molar-refractivity contribution in [2.75, 3.05) is 13.1 Å². The average Bonchev–Trinajstić information content (AvgIpc) is 2.39. The molecule has 1 fully saturated rings. The number of carbonyl (C=O) groups excluding carboxylic acids is 1. The van der Waals surface area contributed by atoms with E-state index in [1.807, 2.05) is 26.8 Å². The Bertz CT molecular complexity index is 527. The van der Waals surface area contributed by atoms with Gasteiger partial charge in [-0.25, -0.2) is 9.18 Å². The Morgan fingerprint density at radius 3 is 2.82 bits per heavy atom. The highest BCUT2D eigenvalue weighted by Crippen LogP contribution is 2.23. The molecule has 1 heterocycles. The fraction of sp³-hybridized carbons (Fsp3) is 0.588. The quantitative estimate of drug-likeness (QED) is 0.913. The zero-order chi connectivity index (χ0) is 16.3. The van der Waals surface area contributed by atoms with Gasteiger partial charge in [-0.2, -0.15) is 0 Å². The van der Waals surface area contributed by atoms with Crippen LogP contribution in [0.1, 0.15) is 32.8 Å². The minimum Gasteiger partial charge on any atom is -0.444 e. The van der Waals surface area contributed by atoms with Gasteiger partial charge >= 0.3 is 6.09 Å². The summed E-state index contributed by atoms with van der Waals surface area (Å²) < 4.78 is 18.6. The number of benzene rings is 1. The first-order valence-electron chi connectivity index (χ1n) is 7.65. The summed E-state index contributed by atoms with van der Waals surface area (Å²) in [5.74, 6) is -0.394. The Kier molecular flexibility index (Phi) is 5.06. The fourth-order valence-corrected chi connectivity index (χ4v) is 2.68. The summed E-state index contributed by atoms with van der Waals surface area (Å²) in [6.07, 6.45) is 0.211. The van der Waals surface area contributed by atoms with Crippen LogP contribution in [0.25, 0.3) is 0 Å². The van der Waals surface area contributed by atoms with Crippen molar-refractivity contribution in [2.24, 2.45) is 5.92 Å². The van der Waals surface area contributed by atoms with Crippen LogP contribution in [-0.2, 0) is 11.2 Å². The summed E-state index contributed by atoms with van der Waals surface area (Å²) in [4.78, 5) is 13.8. The predicted octanol–water partition coefficient (Wildman–Crippen LogP) is 2.99. The van der Waals surface area contributed by atoms with E-state index in [0.29, 0.717) is 25.9 Å². The van der Waals surface area contributed by atoms with Crippen LogP contribution < -0.4 is 0 Å². The molecule has 0 radical (unpaired) electrons. The van der Waals surface area contributed by atoms with Crippen molar-refractivity contribution in [1.82, 2.24) is 4.90 Å². The monoisotopic (exact) mass is 309 g/mol. The van der Waals surface area contributed by atoms with Crippen LogP contribution in [0.2, 0.25) is 0 Å². The smallest absolute Gasteiger partial charge is 0.410 e. The fourth-order valence-electron chi connectivity index (χ4n) is 2.68. The summed E-state index contributed by atoms with van der Waals surface area (Å²) in [6.45, 7) is 6.39. The Morgan fingerprint density at radius 1 is 1.45 bits per heavy atom. The van der Waals surface area contributed by atoms with Crippen LogP contribution >= 0.6 is 0 Å². The number of ether oxygens (including phenoxy) is 1. The molecule has 122 valence electrons. The van der Waals surface area contributed by atoms with Crippen molar-refractivity contribution in [3.05, 3.63) is 35.6 Å². The molecule has 1 aliphatic heterocycles. The number of amides is 1. The standard InChI is InChI=1S/C17H24FNO3/c1-17(2,3)22-16(21)19-8-7-15(20)13(11-19)9-12-5-4-6-14(18)10-12/h4-6,10,13,15,20H,7-9,11H2,1-3H3. The van der Waals surface area contributed by atoms with Gasteiger partial charge in [0.05, 0.1) is 6.10 Å².